The molecular formula is C22H21Cl2N5O. The fourth-order valence-electron chi connectivity index (χ4n) is 3.23. The quantitative estimate of drug-likeness (QED) is 0.631. The third-order valence-electron chi connectivity index (χ3n) is 4.98. The molecule has 1 fully saturated rings. The summed E-state index contributed by atoms with van der Waals surface area (Å²) in [6.45, 7) is 5.16. The molecule has 1 amide bonds. The second-order valence-corrected chi connectivity index (χ2v) is 8.40. The summed E-state index contributed by atoms with van der Waals surface area (Å²) in [6, 6.07) is 9.41. The van der Waals surface area contributed by atoms with E-state index >= 15 is 0 Å². The lowest BCUT2D eigenvalue weighted by Gasteiger charge is -2.40. The van der Waals surface area contributed by atoms with Gasteiger partial charge in [-0.15, -0.1) is 0 Å². The van der Waals surface area contributed by atoms with Crippen LogP contribution in [0.1, 0.15) is 13.8 Å². The first kappa shape index (κ1) is 20.6. The first-order valence-electron chi connectivity index (χ1n) is 9.70. The molecule has 1 saturated heterocycles. The van der Waals surface area contributed by atoms with Gasteiger partial charge < -0.3 is 10.2 Å². The van der Waals surface area contributed by atoms with Crippen LogP contribution < -0.4 is 10.2 Å². The van der Waals surface area contributed by atoms with Crippen LogP contribution in [-0.4, -0.2) is 40.0 Å². The molecular weight excluding hydrogens is 421 g/mol. The molecule has 6 nitrogen and oxygen atoms in total. The lowest BCUT2D eigenvalue weighted by atomic mass is 10.0. The van der Waals surface area contributed by atoms with Gasteiger partial charge in [-0.05, 0) is 18.2 Å². The van der Waals surface area contributed by atoms with Crippen LogP contribution in [0.5, 0.6) is 0 Å². The van der Waals surface area contributed by atoms with Crippen LogP contribution in [0.15, 0.2) is 48.9 Å². The highest BCUT2D eigenvalue weighted by Crippen LogP contribution is 2.35. The van der Waals surface area contributed by atoms with E-state index in [0.29, 0.717) is 34.5 Å². The van der Waals surface area contributed by atoms with E-state index < -0.39 is 0 Å². The number of hydrogen-bond donors (Lipinski definition) is 1. The van der Waals surface area contributed by atoms with Crippen LogP contribution in [0.3, 0.4) is 0 Å². The molecule has 3 heterocycles. The van der Waals surface area contributed by atoms with Gasteiger partial charge in [0.2, 0.25) is 5.91 Å². The van der Waals surface area contributed by atoms with E-state index in [9.17, 15) is 4.79 Å². The third-order valence-corrected chi connectivity index (χ3v) is 5.53. The zero-order valence-corrected chi connectivity index (χ0v) is 18.2. The summed E-state index contributed by atoms with van der Waals surface area (Å²) in [6.07, 6.45) is 5.03. The normalized spacial score (nSPS) is 14.0. The molecule has 0 saturated carbocycles. The second-order valence-electron chi connectivity index (χ2n) is 7.55. The fraction of sp³-hybridized carbons (Fsp3) is 0.273. The van der Waals surface area contributed by atoms with Crippen molar-refractivity contribution in [2.75, 3.05) is 18.0 Å². The number of carbonyl (C=O) groups excluding carboxylic acids is 1. The van der Waals surface area contributed by atoms with Crippen LogP contribution in [-0.2, 0) is 4.79 Å². The predicted octanol–water partition coefficient (Wildman–Crippen LogP) is 4.47. The minimum atomic E-state index is -0.0297. The van der Waals surface area contributed by atoms with Crippen molar-refractivity contribution in [1.82, 2.24) is 20.3 Å². The lowest BCUT2D eigenvalue weighted by Crippen LogP contribution is -2.60. The molecule has 0 spiro atoms. The summed E-state index contributed by atoms with van der Waals surface area (Å²) < 4.78 is 0. The summed E-state index contributed by atoms with van der Waals surface area (Å²) in [7, 11) is 0. The summed E-state index contributed by atoms with van der Waals surface area (Å²) in [5, 5.41) is 4.20. The van der Waals surface area contributed by atoms with Crippen LogP contribution in [0.25, 0.3) is 22.5 Å². The van der Waals surface area contributed by atoms with Crippen molar-refractivity contribution in [3.63, 3.8) is 0 Å². The average Bonchev–Trinajstić information content (AvgIpc) is 2.71. The van der Waals surface area contributed by atoms with Gasteiger partial charge in [-0.25, -0.2) is 4.98 Å². The van der Waals surface area contributed by atoms with E-state index in [1.165, 1.54) is 0 Å². The Labute approximate surface area is 185 Å². The highest BCUT2D eigenvalue weighted by molar-refractivity contribution is 6.33. The van der Waals surface area contributed by atoms with Crippen LogP contribution in [0.2, 0.25) is 10.0 Å². The maximum atomic E-state index is 11.9. The molecule has 4 rings (SSSR count). The van der Waals surface area contributed by atoms with Gasteiger partial charge >= 0.3 is 0 Å². The molecule has 2 aromatic heterocycles. The number of carbonyl (C=O) groups is 1. The maximum Gasteiger partial charge on any atom is 0.222 e. The van der Waals surface area contributed by atoms with Crippen LogP contribution >= 0.6 is 23.2 Å². The Balaban J connectivity index is 1.65. The van der Waals surface area contributed by atoms with E-state index in [1.54, 1.807) is 18.6 Å². The number of aromatic nitrogens is 3. The Morgan fingerprint density at radius 2 is 1.83 bits per heavy atom. The third kappa shape index (κ3) is 4.25. The fourth-order valence-corrected chi connectivity index (χ4v) is 3.57. The largest absolute Gasteiger partial charge is 0.351 e. The maximum absolute atomic E-state index is 11.9. The van der Waals surface area contributed by atoms with E-state index in [2.05, 4.69) is 15.2 Å². The van der Waals surface area contributed by atoms with Crippen LogP contribution in [0, 0.1) is 5.92 Å². The van der Waals surface area contributed by atoms with Crippen molar-refractivity contribution < 1.29 is 4.79 Å². The standard InChI is InChI=1S/C22H21Cl2N5O/c1-13(2)22(30)27-16-11-29(12-16)19-10-26-20(14-3-5-15(23)6-4-14)21(28-19)17-7-8-25-9-18(17)24/h3-10,13,16H,11-12H2,1-2H3,(H,27,30). The van der Waals surface area contributed by atoms with E-state index in [0.717, 1.165) is 16.9 Å². The van der Waals surface area contributed by atoms with E-state index in [-0.39, 0.29) is 17.9 Å². The van der Waals surface area contributed by atoms with Gasteiger partial charge in [-0.2, -0.15) is 0 Å². The van der Waals surface area contributed by atoms with Crippen molar-refractivity contribution in [1.29, 1.82) is 0 Å². The van der Waals surface area contributed by atoms with Gasteiger partial charge in [0.15, 0.2) is 0 Å². The van der Waals surface area contributed by atoms with Gasteiger partial charge in [0, 0.05) is 47.6 Å². The molecule has 1 aliphatic heterocycles. The van der Waals surface area contributed by atoms with Crippen molar-refractivity contribution in [3.05, 3.63) is 59.0 Å². The van der Waals surface area contributed by atoms with Gasteiger partial charge in [-0.3, -0.25) is 14.8 Å². The van der Waals surface area contributed by atoms with Gasteiger partial charge in [0.05, 0.1) is 23.0 Å². The number of pyridine rings is 1. The Morgan fingerprint density at radius 1 is 1.10 bits per heavy atom. The number of amides is 1. The zero-order valence-electron chi connectivity index (χ0n) is 16.6. The monoisotopic (exact) mass is 441 g/mol. The number of hydrogen-bond acceptors (Lipinski definition) is 5. The summed E-state index contributed by atoms with van der Waals surface area (Å²) in [5.41, 5.74) is 3.05. The first-order valence-corrected chi connectivity index (χ1v) is 10.5. The smallest absolute Gasteiger partial charge is 0.222 e. The van der Waals surface area contributed by atoms with Crippen molar-refractivity contribution in [2.24, 2.45) is 5.92 Å². The molecule has 1 aromatic carbocycles. The SMILES string of the molecule is CC(C)C(=O)NC1CN(c2cnc(-c3ccc(Cl)cc3)c(-c3ccncc3Cl)n2)C1. The Morgan fingerprint density at radius 3 is 2.50 bits per heavy atom. The molecule has 0 radical (unpaired) electrons. The Bertz CT molecular complexity index is 1070. The molecule has 0 atom stereocenters. The number of anilines is 1. The molecule has 1 N–H and O–H groups in total. The minimum absolute atomic E-state index is 0.0297. The van der Waals surface area contributed by atoms with Gasteiger partial charge in [-0.1, -0.05) is 49.2 Å². The molecule has 3 aromatic rings. The minimum Gasteiger partial charge on any atom is -0.351 e. The predicted molar refractivity (Wildman–Crippen MR) is 120 cm³/mol. The van der Waals surface area contributed by atoms with Crippen molar-refractivity contribution in [3.8, 4) is 22.5 Å². The number of benzene rings is 1. The Kier molecular flexibility index (Phi) is 5.88. The summed E-state index contributed by atoms with van der Waals surface area (Å²) >= 11 is 12.5. The summed E-state index contributed by atoms with van der Waals surface area (Å²) in [5.74, 6) is 0.775. The molecule has 8 heteroatoms. The topological polar surface area (TPSA) is 71.0 Å². The van der Waals surface area contributed by atoms with Crippen LogP contribution in [0.4, 0.5) is 5.82 Å². The van der Waals surface area contributed by atoms with Gasteiger partial charge in [0.1, 0.15) is 11.5 Å². The molecule has 0 bridgehead atoms. The number of nitrogens with one attached hydrogen (secondary N) is 1. The summed E-state index contributed by atoms with van der Waals surface area (Å²) in [4.78, 5) is 27.6. The molecule has 30 heavy (non-hydrogen) atoms. The number of nitrogens with zero attached hydrogens (tertiary/aromatic N) is 4. The number of rotatable bonds is 5. The number of halogens is 2. The molecule has 154 valence electrons. The molecule has 0 aliphatic carbocycles. The van der Waals surface area contributed by atoms with Crippen molar-refractivity contribution >= 4 is 34.9 Å². The highest BCUT2D eigenvalue weighted by atomic mass is 35.5. The van der Waals surface area contributed by atoms with Crippen molar-refractivity contribution in [2.45, 2.75) is 19.9 Å². The van der Waals surface area contributed by atoms with Gasteiger partial charge in [0.25, 0.3) is 0 Å². The highest BCUT2D eigenvalue weighted by Gasteiger charge is 2.30. The Hall–Kier alpha value is -2.70. The molecule has 0 unspecified atom stereocenters. The zero-order chi connectivity index (χ0) is 21.3. The lowest BCUT2D eigenvalue weighted by molar-refractivity contribution is -0.124. The average molecular weight is 442 g/mol. The molecule has 1 aliphatic rings. The van der Waals surface area contributed by atoms with E-state index in [1.807, 2.05) is 44.2 Å². The first-order chi connectivity index (χ1) is 14.4. The van der Waals surface area contributed by atoms with E-state index in [4.69, 9.17) is 33.2 Å². The second kappa shape index (κ2) is 8.58.